The molecule has 0 atom stereocenters. The monoisotopic (exact) mass is 264 g/mol. The highest BCUT2D eigenvalue weighted by atomic mass is 35.5. The number of fused-ring (bicyclic) bond motifs is 1. The zero-order chi connectivity index (χ0) is 11.7. The van der Waals surface area contributed by atoms with Gasteiger partial charge in [0.05, 0.1) is 0 Å². The lowest BCUT2D eigenvalue weighted by molar-refractivity contribution is 0.656. The van der Waals surface area contributed by atoms with Gasteiger partial charge >= 0.3 is 0 Å². The highest BCUT2D eigenvalue weighted by molar-refractivity contribution is 7.09. The summed E-state index contributed by atoms with van der Waals surface area (Å²) in [5.41, 5.74) is 2.34. The quantitative estimate of drug-likeness (QED) is 0.774. The van der Waals surface area contributed by atoms with Crippen LogP contribution in [0.1, 0.15) is 34.8 Å². The summed E-state index contributed by atoms with van der Waals surface area (Å²) in [6.07, 6.45) is 5.31. The van der Waals surface area contributed by atoms with Gasteiger partial charge in [-0.25, -0.2) is 9.97 Å². The van der Waals surface area contributed by atoms with Crippen molar-refractivity contribution < 1.29 is 0 Å². The van der Waals surface area contributed by atoms with E-state index in [0.29, 0.717) is 5.15 Å². The van der Waals surface area contributed by atoms with Crippen LogP contribution >= 0.6 is 22.9 Å². The molecule has 1 aliphatic carbocycles. The van der Waals surface area contributed by atoms with Crippen LogP contribution in [0.5, 0.6) is 0 Å². The second-order valence-electron chi connectivity index (χ2n) is 4.32. The largest absolute Gasteiger partial charge is 0.237 e. The number of aromatic nitrogens is 2. The maximum Gasteiger partial charge on any atom is 0.136 e. The van der Waals surface area contributed by atoms with Crippen LogP contribution in [-0.4, -0.2) is 9.97 Å². The molecule has 0 aromatic carbocycles. The van der Waals surface area contributed by atoms with Gasteiger partial charge in [0.1, 0.15) is 11.0 Å². The molecule has 0 bridgehead atoms. The van der Waals surface area contributed by atoms with Crippen LogP contribution in [0.3, 0.4) is 0 Å². The molecule has 2 heterocycles. The normalized spacial score (nSPS) is 14.6. The van der Waals surface area contributed by atoms with E-state index in [1.165, 1.54) is 29.0 Å². The average Bonchev–Trinajstić information content (AvgIpc) is 2.82. The summed E-state index contributed by atoms with van der Waals surface area (Å²) in [6.45, 7) is 0. The Morgan fingerprint density at radius 2 is 2.12 bits per heavy atom. The first-order chi connectivity index (χ1) is 8.33. The number of hydrogen-bond donors (Lipinski definition) is 0. The molecule has 17 heavy (non-hydrogen) atoms. The highest BCUT2D eigenvalue weighted by Gasteiger charge is 2.16. The molecule has 2 aromatic heterocycles. The van der Waals surface area contributed by atoms with Crippen LogP contribution in [0, 0.1) is 0 Å². The Morgan fingerprint density at radius 3 is 2.94 bits per heavy atom. The molecule has 0 spiro atoms. The van der Waals surface area contributed by atoms with Crippen LogP contribution in [-0.2, 0) is 19.3 Å². The van der Waals surface area contributed by atoms with Crippen LogP contribution in [0.2, 0.25) is 5.15 Å². The fourth-order valence-corrected chi connectivity index (χ4v) is 3.25. The number of nitrogens with zero attached hydrogens (tertiary/aromatic N) is 2. The standard InChI is InChI=1S/C13H13ClN2S/c14-13-10-5-1-2-6-11(10)15-12(16-13)8-9-4-3-7-17-9/h3-4,7H,1-2,5-6,8H2. The number of hydrogen-bond acceptors (Lipinski definition) is 3. The third kappa shape index (κ3) is 2.35. The van der Waals surface area contributed by atoms with Gasteiger partial charge in [0.15, 0.2) is 0 Å². The van der Waals surface area contributed by atoms with Crippen molar-refractivity contribution in [1.82, 2.24) is 9.97 Å². The van der Waals surface area contributed by atoms with E-state index in [4.69, 9.17) is 11.6 Å². The van der Waals surface area contributed by atoms with Crippen molar-refractivity contribution in [2.24, 2.45) is 0 Å². The molecule has 3 rings (SSSR count). The summed E-state index contributed by atoms with van der Waals surface area (Å²) >= 11 is 7.98. The van der Waals surface area contributed by atoms with E-state index in [2.05, 4.69) is 27.5 Å². The third-order valence-electron chi connectivity index (χ3n) is 3.09. The van der Waals surface area contributed by atoms with Crippen molar-refractivity contribution in [2.45, 2.75) is 32.1 Å². The SMILES string of the molecule is Clc1nc(Cc2cccs2)nc2c1CCCC2. The van der Waals surface area contributed by atoms with Gasteiger partial charge in [-0.1, -0.05) is 17.7 Å². The number of thiophene rings is 1. The van der Waals surface area contributed by atoms with Crippen molar-refractivity contribution in [3.05, 3.63) is 44.6 Å². The van der Waals surface area contributed by atoms with Crippen LogP contribution in [0.4, 0.5) is 0 Å². The Hall–Kier alpha value is -0.930. The number of aryl methyl sites for hydroxylation is 1. The molecule has 0 aliphatic heterocycles. The summed E-state index contributed by atoms with van der Waals surface area (Å²) < 4.78 is 0. The second-order valence-corrected chi connectivity index (χ2v) is 5.71. The van der Waals surface area contributed by atoms with Crippen molar-refractivity contribution >= 4 is 22.9 Å². The molecule has 0 N–H and O–H groups in total. The Kier molecular flexibility index (Phi) is 3.12. The van der Waals surface area contributed by atoms with Gasteiger partial charge in [0, 0.05) is 22.6 Å². The average molecular weight is 265 g/mol. The third-order valence-corrected chi connectivity index (χ3v) is 4.28. The number of halogens is 1. The van der Waals surface area contributed by atoms with Crippen molar-refractivity contribution in [2.75, 3.05) is 0 Å². The van der Waals surface area contributed by atoms with Crippen LogP contribution in [0.25, 0.3) is 0 Å². The smallest absolute Gasteiger partial charge is 0.136 e. The molecule has 0 amide bonds. The molecule has 88 valence electrons. The first kappa shape index (κ1) is 11.2. The lowest BCUT2D eigenvalue weighted by Gasteiger charge is -2.16. The first-order valence-corrected chi connectivity index (χ1v) is 7.15. The van der Waals surface area contributed by atoms with E-state index in [-0.39, 0.29) is 0 Å². The fraction of sp³-hybridized carbons (Fsp3) is 0.385. The van der Waals surface area contributed by atoms with E-state index in [9.17, 15) is 0 Å². The predicted octanol–water partition coefficient (Wildman–Crippen LogP) is 3.66. The highest BCUT2D eigenvalue weighted by Crippen LogP contribution is 2.26. The topological polar surface area (TPSA) is 25.8 Å². The Labute approximate surface area is 110 Å². The van der Waals surface area contributed by atoms with Gasteiger partial charge < -0.3 is 0 Å². The van der Waals surface area contributed by atoms with E-state index in [1.807, 2.05) is 0 Å². The van der Waals surface area contributed by atoms with Gasteiger partial charge in [-0.2, -0.15) is 0 Å². The van der Waals surface area contributed by atoms with Crippen LogP contribution in [0.15, 0.2) is 17.5 Å². The summed E-state index contributed by atoms with van der Waals surface area (Å²) in [7, 11) is 0. The predicted molar refractivity (Wildman–Crippen MR) is 70.8 cm³/mol. The summed E-state index contributed by atoms with van der Waals surface area (Å²) in [4.78, 5) is 10.4. The van der Waals surface area contributed by atoms with E-state index < -0.39 is 0 Å². The van der Waals surface area contributed by atoms with Crippen molar-refractivity contribution in [1.29, 1.82) is 0 Å². The summed E-state index contributed by atoms with van der Waals surface area (Å²) in [5.74, 6) is 0.859. The molecule has 0 unspecified atom stereocenters. The first-order valence-electron chi connectivity index (χ1n) is 5.89. The summed E-state index contributed by atoms with van der Waals surface area (Å²) in [5, 5.41) is 2.75. The molecular formula is C13H13ClN2S. The molecule has 1 aliphatic rings. The minimum atomic E-state index is 0.668. The molecule has 0 radical (unpaired) electrons. The second kappa shape index (κ2) is 4.75. The minimum absolute atomic E-state index is 0.668. The van der Waals surface area contributed by atoms with E-state index in [1.54, 1.807) is 11.3 Å². The van der Waals surface area contributed by atoms with Gasteiger partial charge in [0.2, 0.25) is 0 Å². The molecule has 0 saturated carbocycles. The fourth-order valence-electron chi connectivity index (χ4n) is 2.24. The lowest BCUT2D eigenvalue weighted by Crippen LogP contribution is -2.10. The Bertz CT molecular complexity index is 522. The number of rotatable bonds is 2. The van der Waals surface area contributed by atoms with Gasteiger partial charge in [-0.05, 0) is 37.1 Å². The van der Waals surface area contributed by atoms with Gasteiger partial charge in [-0.15, -0.1) is 11.3 Å². The Morgan fingerprint density at radius 1 is 1.24 bits per heavy atom. The maximum absolute atomic E-state index is 6.24. The lowest BCUT2D eigenvalue weighted by atomic mass is 9.97. The van der Waals surface area contributed by atoms with Crippen LogP contribution < -0.4 is 0 Å². The van der Waals surface area contributed by atoms with Gasteiger partial charge in [0.25, 0.3) is 0 Å². The zero-order valence-electron chi connectivity index (χ0n) is 9.45. The maximum atomic E-state index is 6.24. The molecular weight excluding hydrogens is 252 g/mol. The summed E-state index contributed by atoms with van der Waals surface area (Å²) in [6, 6.07) is 4.17. The van der Waals surface area contributed by atoms with E-state index >= 15 is 0 Å². The van der Waals surface area contributed by atoms with Crippen molar-refractivity contribution in [3.63, 3.8) is 0 Å². The minimum Gasteiger partial charge on any atom is -0.237 e. The molecule has 0 saturated heterocycles. The molecule has 2 nitrogen and oxygen atoms in total. The van der Waals surface area contributed by atoms with Crippen molar-refractivity contribution in [3.8, 4) is 0 Å². The van der Waals surface area contributed by atoms with E-state index in [0.717, 1.165) is 25.1 Å². The Balaban J connectivity index is 1.93. The van der Waals surface area contributed by atoms with Gasteiger partial charge in [-0.3, -0.25) is 0 Å². The molecule has 4 heteroatoms. The molecule has 2 aromatic rings. The molecule has 0 fully saturated rings. The zero-order valence-corrected chi connectivity index (χ0v) is 11.0.